The quantitative estimate of drug-likeness (QED) is 0.149. The van der Waals surface area contributed by atoms with E-state index in [2.05, 4.69) is 47.7 Å². The number of hydrogen-bond donors (Lipinski definition) is 1. The van der Waals surface area contributed by atoms with Gasteiger partial charge in [-0.3, -0.25) is 0 Å². The molecule has 2 aliphatic rings. The molecule has 0 radical (unpaired) electrons. The van der Waals surface area contributed by atoms with Crippen molar-refractivity contribution < 1.29 is 38.0 Å². The van der Waals surface area contributed by atoms with Crippen molar-refractivity contribution >= 4 is 8.32 Å². The Bertz CT molecular complexity index is 1270. The summed E-state index contributed by atoms with van der Waals surface area (Å²) in [6.45, 7) is 17.4. The Morgan fingerprint density at radius 3 is 1.73 bits per heavy atom. The number of benzene rings is 2. The number of aliphatic hydroxyl groups is 1. The Balaban J connectivity index is 1.52. The third-order valence-corrected chi connectivity index (χ3v) is 14.9. The van der Waals surface area contributed by atoms with Crippen LogP contribution in [0.3, 0.4) is 0 Å². The van der Waals surface area contributed by atoms with Crippen molar-refractivity contribution in [1.29, 1.82) is 0 Å². The van der Waals surface area contributed by atoms with Crippen LogP contribution in [0.2, 0.25) is 18.1 Å². The lowest BCUT2D eigenvalue weighted by atomic mass is 9.79. The summed E-state index contributed by atoms with van der Waals surface area (Å²) in [7, 11) is 1.41. The minimum atomic E-state index is -1.94. The summed E-state index contributed by atoms with van der Waals surface area (Å²) in [6.07, 6.45) is 5.84. The first kappa shape index (κ1) is 38.6. The van der Waals surface area contributed by atoms with Crippen LogP contribution in [-0.4, -0.2) is 71.1 Å². The van der Waals surface area contributed by atoms with Gasteiger partial charge < -0.3 is 38.0 Å². The minimum absolute atomic E-state index is 0.0121. The van der Waals surface area contributed by atoms with E-state index in [9.17, 15) is 5.11 Å². The summed E-state index contributed by atoms with van der Waals surface area (Å²) in [5.74, 6) is 1.25. The van der Waals surface area contributed by atoms with Gasteiger partial charge in [0.1, 0.15) is 11.5 Å². The number of aliphatic hydroxyl groups excluding tert-OH is 1. The first-order chi connectivity index (χ1) is 22.8. The fourth-order valence-electron chi connectivity index (χ4n) is 6.66. The lowest BCUT2D eigenvalue weighted by molar-refractivity contribution is -0.365. The molecule has 2 fully saturated rings. The second kappa shape index (κ2) is 17.1. The van der Waals surface area contributed by atoms with Crippen LogP contribution in [0.15, 0.2) is 60.7 Å². The fourth-order valence-corrected chi connectivity index (χ4v) is 7.73. The predicted molar refractivity (Wildman–Crippen MR) is 192 cm³/mol. The van der Waals surface area contributed by atoms with Crippen LogP contribution >= 0.6 is 0 Å². The number of ether oxygens (including phenoxy) is 6. The van der Waals surface area contributed by atoms with Gasteiger partial charge >= 0.3 is 0 Å². The molecular formula is C39H60O8Si. The summed E-state index contributed by atoms with van der Waals surface area (Å²) >= 11 is 0. The zero-order valence-electron chi connectivity index (χ0n) is 30.7. The summed E-state index contributed by atoms with van der Waals surface area (Å²) in [5.41, 5.74) is 2.17. The summed E-state index contributed by atoms with van der Waals surface area (Å²) in [4.78, 5) is 0. The van der Waals surface area contributed by atoms with Gasteiger partial charge in [-0.25, -0.2) is 0 Å². The Kier molecular flexibility index (Phi) is 13.7. The third-order valence-electron chi connectivity index (χ3n) is 10.4. The molecule has 2 saturated heterocycles. The largest absolute Gasteiger partial charge is 0.497 e. The van der Waals surface area contributed by atoms with Gasteiger partial charge in [-0.2, -0.15) is 0 Å². The second-order valence-electron chi connectivity index (χ2n) is 15.1. The van der Waals surface area contributed by atoms with Crippen LogP contribution in [0.25, 0.3) is 0 Å². The molecule has 268 valence electrons. The molecule has 1 N–H and O–H groups in total. The number of methoxy groups -OCH3 is 2. The van der Waals surface area contributed by atoms with E-state index in [1.807, 2.05) is 54.6 Å². The first-order valence-corrected chi connectivity index (χ1v) is 20.4. The average molecular weight is 685 g/mol. The Labute approximate surface area is 290 Å². The molecule has 0 aliphatic carbocycles. The molecular weight excluding hydrogens is 625 g/mol. The van der Waals surface area contributed by atoms with Gasteiger partial charge in [0, 0.05) is 19.4 Å². The molecule has 0 bridgehead atoms. The minimum Gasteiger partial charge on any atom is -0.497 e. The normalized spacial score (nSPS) is 28.2. The molecule has 48 heavy (non-hydrogen) atoms. The van der Waals surface area contributed by atoms with E-state index in [4.69, 9.17) is 32.8 Å². The molecule has 0 aromatic heterocycles. The maximum Gasteiger partial charge on any atom is 0.191 e. The molecule has 0 unspecified atom stereocenters. The zero-order valence-corrected chi connectivity index (χ0v) is 31.7. The van der Waals surface area contributed by atoms with E-state index in [-0.39, 0.29) is 47.9 Å². The zero-order chi connectivity index (χ0) is 35.0. The van der Waals surface area contributed by atoms with Crippen LogP contribution in [0.1, 0.15) is 71.4 Å². The highest BCUT2D eigenvalue weighted by Crippen LogP contribution is 2.47. The van der Waals surface area contributed by atoms with E-state index >= 15 is 0 Å². The fraction of sp³-hybridized carbons (Fsp3) is 0.641. The van der Waals surface area contributed by atoms with E-state index in [1.165, 1.54) is 0 Å². The summed E-state index contributed by atoms with van der Waals surface area (Å²) in [5, 5.41) is 9.60. The molecule has 0 saturated carbocycles. The van der Waals surface area contributed by atoms with Crippen LogP contribution in [-0.2, 0) is 36.6 Å². The van der Waals surface area contributed by atoms with Crippen molar-refractivity contribution in [1.82, 2.24) is 0 Å². The van der Waals surface area contributed by atoms with Gasteiger partial charge in [-0.05, 0) is 78.2 Å². The average Bonchev–Trinajstić information content (AvgIpc) is 3.04. The molecule has 1 spiro atoms. The monoisotopic (exact) mass is 684 g/mol. The highest BCUT2D eigenvalue weighted by molar-refractivity contribution is 6.74. The third kappa shape index (κ3) is 10.2. The molecule has 2 aliphatic heterocycles. The van der Waals surface area contributed by atoms with Gasteiger partial charge in [-0.1, -0.05) is 71.0 Å². The lowest BCUT2D eigenvalue weighted by Gasteiger charge is -2.54. The predicted octanol–water partition coefficient (Wildman–Crippen LogP) is 8.07. The van der Waals surface area contributed by atoms with Gasteiger partial charge in [-0.15, -0.1) is 0 Å². The van der Waals surface area contributed by atoms with Crippen molar-refractivity contribution in [2.24, 2.45) is 11.8 Å². The van der Waals surface area contributed by atoms with E-state index < -0.39 is 14.1 Å². The molecule has 8 nitrogen and oxygen atoms in total. The highest BCUT2D eigenvalue weighted by Gasteiger charge is 2.53. The first-order valence-electron chi connectivity index (χ1n) is 17.5. The van der Waals surface area contributed by atoms with Gasteiger partial charge in [0.2, 0.25) is 0 Å². The molecule has 0 amide bonds. The summed E-state index contributed by atoms with van der Waals surface area (Å²) in [6, 6.07) is 16.0. The van der Waals surface area contributed by atoms with Crippen LogP contribution in [0.4, 0.5) is 0 Å². The van der Waals surface area contributed by atoms with Crippen molar-refractivity contribution in [2.75, 3.05) is 27.4 Å². The van der Waals surface area contributed by atoms with Gasteiger partial charge in [0.25, 0.3) is 0 Å². The summed E-state index contributed by atoms with van der Waals surface area (Å²) < 4.78 is 44.7. The number of hydrogen-bond acceptors (Lipinski definition) is 8. The van der Waals surface area contributed by atoms with Crippen molar-refractivity contribution in [3.05, 3.63) is 71.8 Å². The Morgan fingerprint density at radius 2 is 1.27 bits per heavy atom. The SMILES string of the molecule is COc1ccc(CO[C@@H]2[C@H](C/C=C/CO)O[C@@]3(C[C@@H]2C)C[C@H](C)[C@H](OCc2ccc(OC)cc2)[C@H](CCO[Si](C)(C)C(C)(C)C)O3)cc1. The van der Waals surface area contributed by atoms with Crippen LogP contribution in [0.5, 0.6) is 11.5 Å². The van der Waals surface area contributed by atoms with Crippen LogP contribution in [0, 0.1) is 11.8 Å². The molecule has 2 heterocycles. The van der Waals surface area contributed by atoms with Crippen LogP contribution < -0.4 is 9.47 Å². The Hall–Kier alpha value is -2.24. The molecule has 4 rings (SSSR count). The van der Waals surface area contributed by atoms with E-state index in [0.29, 0.717) is 26.2 Å². The van der Waals surface area contributed by atoms with E-state index in [0.717, 1.165) is 41.9 Å². The highest BCUT2D eigenvalue weighted by atomic mass is 28.4. The topological polar surface area (TPSA) is 84.8 Å². The smallest absolute Gasteiger partial charge is 0.191 e. The molecule has 9 heteroatoms. The van der Waals surface area contributed by atoms with Gasteiger partial charge in [0.15, 0.2) is 14.1 Å². The van der Waals surface area contributed by atoms with Crippen molar-refractivity contribution in [2.45, 2.75) is 122 Å². The van der Waals surface area contributed by atoms with Crippen molar-refractivity contribution in [3.8, 4) is 11.5 Å². The van der Waals surface area contributed by atoms with E-state index in [1.54, 1.807) is 20.3 Å². The lowest BCUT2D eigenvalue weighted by Crippen LogP contribution is -2.60. The molecule has 2 aromatic rings. The molecule has 7 atom stereocenters. The maximum absolute atomic E-state index is 9.48. The van der Waals surface area contributed by atoms with Gasteiger partial charge in [0.05, 0.1) is 58.5 Å². The second-order valence-corrected chi connectivity index (χ2v) is 19.9. The molecule has 2 aromatic carbocycles. The Morgan fingerprint density at radius 1 is 0.792 bits per heavy atom. The maximum atomic E-state index is 9.48. The standard InChI is InChI=1S/C39H60O8Si/c1-28-24-39(46-34(12-10-11-22-40)36(28)43-26-30-13-17-32(41-6)18-14-30)25-29(2)37(44-27-31-15-19-33(42-7)20-16-31)35(47-39)21-23-45-48(8,9)38(3,4)5/h10-11,13-20,28-29,34-37,40H,12,21-27H2,1-9H3/b11-10+/t28-,29-,34-,35-,36-,37-,39+/m0/s1. The van der Waals surface area contributed by atoms with Crippen molar-refractivity contribution in [3.63, 3.8) is 0 Å². The number of rotatable bonds is 15.